The standard InChI is InChI=1S/C15H21N5OS/c1-10-5-4-6-19(8-10)13(21)9-22-15-18-17-14-16-11(2)7-12(3)20(14)15/h7,10H,4-6,8-9H2,1-3H3/t10-/m1/s1. The zero-order chi connectivity index (χ0) is 15.7. The third-order valence-electron chi connectivity index (χ3n) is 4.00. The van der Waals surface area contributed by atoms with Gasteiger partial charge in [-0.25, -0.2) is 4.98 Å². The van der Waals surface area contributed by atoms with Gasteiger partial charge >= 0.3 is 0 Å². The summed E-state index contributed by atoms with van der Waals surface area (Å²) in [4.78, 5) is 18.7. The van der Waals surface area contributed by atoms with E-state index in [1.54, 1.807) is 0 Å². The summed E-state index contributed by atoms with van der Waals surface area (Å²) in [7, 11) is 0. The van der Waals surface area contributed by atoms with Gasteiger partial charge in [0, 0.05) is 24.5 Å². The molecule has 3 rings (SSSR count). The SMILES string of the molecule is Cc1cc(C)n2c(SCC(=O)N3CCC[C@@H](C)C3)nnc2n1. The highest BCUT2D eigenvalue weighted by Gasteiger charge is 2.21. The minimum atomic E-state index is 0.186. The second-order valence-electron chi connectivity index (χ2n) is 6.03. The number of fused-ring (bicyclic) bond motifs is 1. The number of aromatic nitrogens is 4. The van der Waals surface area contributed by atoms with E-state index in [0.29, 0.717) is 17.4 Å². The van der Waals surface area contributed by atoms with Gasteiger partial charge < -0.3 is 4.90 Å². The molecule has 0 N–H and O–H groups in total. The molecule has 0 aliphatic carbocycles. The maximum Gasteiger partial charge on any atom is 0.256 e. The van der Waals surface area contributed by atoms with E-state index in [0.717, 1.165) is 36.1 Å². The first-order valence-corrected chi connectivity index (χ1v) is 8.63. The third-order valence-corrected chi connectivity index (χ3v) is 4.91. The Bertz CT molecular complexity index is 699. The Morgan fingerprint density at radius 3 is 3.00 bits per heavy atom. The van der Waals surface area contributed by atoms with Gasteiger partial charge in [-0.1, -0.05) is 18.7 Å². The number of hydrogen-bond acceptors (Lipinski definition) is 5. The molecule has 0 radical (unpaired) electrons. The summed E-state index contributed by atoms with van der Waals surface area (Å²) in [5.74, 6) is 1.79. The van der Waals surface area contributed by atoms with Crippen LogP contribution >= 0.6 is 11.8 Å². The molecule has 2 aromatic heterocycles. The van der Waals surface area contributed by atoms with Crippen molar-refractivity contribution in [1.82, 2.24) is 24.5 Å². The normalized spacial score (nSPS) is 18.9. The van der Waals surface area contributed by atoms with E-state index in [1.165, 1.54) is 18.2 Å². The van der Waals surface area contributed by atoms with Crippen molar-refractivity contribution in [1.29, 1.82) is 0 Å². The Hall–Kier alpha value is -1.63. The molecular weight excluding hydrogens is 298 g/mol. The number of rotatable bonds is 3. The van der Waals surface area contributed by atoms with Gasteiger partial charge in [-0.15, -0.1) is 10.2 Å². The Morgan fingerprint density at radius 1 is 1.41 bits per heavy atom. The first-order valence-electron chi connectivity index (χ1n) is 7.64. The Morgan fingerprint density at radius 2 is 2.23 bits per heavy atom. The molecule has 6 nitrogen and oxygen atoms in total. The van der Waals surface area contributed by atoms with Crippen molar-refractivity contribution >= 4 is 23.4 Å². The average molecular weight is 319 g/mol. The molecule has 0 aromatic carbocycles. The predicted octanol–water partition coefficient (Wildman–Crippen LogP) is 2.09. The molecule has 0 spiro atoms. The summed E-state index contributed by atoms with van der Waals surface area (Å²) in [5.41, 5.74) is 1.96. The lowest BCUT2D eigenvalue weighted by Gasteiger charge is -2.30. The fourth-order valence-corrected chi connectivity index (χ4v) is 3.82. The van der Waals surface area contributed by atoms with Crippen LogP contribution in [0.2, 0.25) is 0 Å². The number of likely N-dealkylation sites (tertiary alicyclic amines) is 1. The highest BCUT2D eigenvalue weighted by Crippen LogP contribution is 2.21. The van der Waals surface area contributed by atoms with Gasteiger partial charge in [0.15, 0.2) is 5.16 Å². The van der Waals surface area contributed by atoms with Crippen LogP contribution in [0.25, 0.3) is 5.78 Å². The lowest BCUT2D eigenvalue weighted by molar-refractivity contribution is -0.130. The lowest BCUT2D eigenvalue weighted by atomic mass is 10.0. The molecule has 1 aliphatic heterocycles. The van der Waals surface area contributed by atoms with E-state index in [1.807, 2.05) is 29.2 Å². The maximum atomic E-state index is 12.3. The number of thioether (sulfide) groups is 1. The average Bonchev–Trinajstić information content (AvgIpc) is 2.88. The van der Waals surface area contributed by atoms with Crippen LogP contribution < -0.4 is 0 Å². The Labute approximate surface area is 134 Å². The minimum absolute atomic E-state index is 0.186. The quantitative estimate of drug-likeness (QED) is 0.811. The molecule has 0 unspecified atom stereocenters. The highest BCUT2D eigenvalue weighted by atomic mass is 32.2. The molecule has 1 amide bonds. The van der Waals surface area contributed by atoms with Crippen LogP contribution in [0.4, 0.5) is 0 Å². The fourth-order valence-electron chi connectivity index (χ4n) is 2.93. The Balaban J connectivity index is 1.70. The van der Waals surface area contributed by atoms with E-state index in [9.17, 15) is 4.79 Å². The van der Waals surface area contributed by atoms with E-state index >= 15 is 0 Å². The molecule has 1 saturated heterocycles. The van der Waals surface area contributed by atoms with Crippen LogP contribution in [0.3, 0.4) is 0 Å². The Kier molecular flexibility index (Phi) is 4.33. The smallest absolute Gasteiger partial charge is 0.256 e. The van der Waals surface area contributed by atoms with Gasteiger partial charge in [0.25, 0.3) is 5.78 Å². The van der Waals surface area contributed by atoms with Gasteiger partial charge in [-0.05, 0) is 38.7 Å². The largest absolute Gasteiger partial charge is 0.342 e. The summed E-state index contributed by atoms with van der Waals surface area (Å²) in [6.07, 6.45) is 2.32. The molecule has 3 heterocycles. The molecular formula is C15H21N5OS. The number of carbonyl (C=O) groups is 1. The summed E-state index contributed by atoms with van der Waals surface area (Å²) >= 11 is 1.44. The summed E-state index contributed by atoms with van der Waals surface area (Å²) in [5, 5.41) is 9.01. The van der Waals surface area contributed by atoms with Crippen molar-refractivity contribution < 1.29 is 4.79 Å². The molecule has 0 saturated carbocycles. The minimum Gasteiger partial charge on any atom is -0.342 e. The van der Waals surface area contributed by atoms with Crippen LogP contribution in [-0.2, 0) is 4.79 Å². The fraction of sp³-hybridized carbons (Fsp3) is 0.600. The first-order chi connectivity index (χ1) is 10.5. The van der Waals surface area contributed by atoms with Crippen molar-refractivity contribution in [2.45, 2.75) is 38.8 Å². The maximum absolute atomic E-state index is 12.3. The monoisotopic (exact) mass is 319 g/mol. The molecule has 2 aromatic rings. The highest BCUT2D eigenvalue weighted by molar-refractivity contribution is 7.99. The zero-order valence-electron chi connectivity index (χ0n) is 13.2. The second kappa shape index (κ2) is 6.24. The number of carbonyl (C=O) groups excluding carboxylic acids is 1. The van der Waals surface area contributed by atoms with Gasteiger partial charge in [-0.2, -0.15) is 0 Å². The lowest BCUT2D eigenvalue weighted by Crippen LogP contribution is -2.40. The summed E-state index contributed by atoms with van der Waals surface area (Å²) < 4.78 is 1.91. The third kappa shape index (κ3) is 3.09. The van der Waals surface area contributed by atoms with Gasteiger partial charge in [-0.3, -0.25) is 9.20 Å². The van der Waals surface area contributed by atoms with Crippen LogP contribution in [-0.4, -0.2) is 49.2 Å². The molecule has 1 fully saturated rings. The number of nitrogens with zero attached hydrogens (tertiary/aromatic N) is 5. The predicted molar refractivity (Wildman–Crippen MR) is 86.0 cm³/mol. The molecule has 118 valence electrons. The molecule has 1 aliphatic rings. The van der Waals surface area contributed by atoms with Crippen molar-refractivity contribution in [3.63, 3.8) is 0 Å². The topological polar surface area (TPSA) is 63.4 Å². The second-order valence-corrected chi connectivity index (χ2v) is 6.98. The van der Waals surface area contributed by atoms with Crippen LogP contribution in [0.15, 0.2) is 11.2 Å². The van der Waals surface area contributed by atoms with Crippen molar-refractivity contribution in [3.8, 4) is 0 Å². The van der Waals surface area contributed by atoms with Crippen LogP contribution in [0.5, 0.6) is 0 Å². The number of amides is 1. The van der Waals surface area contributed by atoms with E-state index in [-0.39, 0.29) is 5.91 Å². The van der Waals surface area contributed by atoms with Crippen molar-refractivity contribution in [3.05, 3.63) is 17.5 Å². The first kappa shape index (κ1) is 15.3. The molecule has 0 bridgehead atoms. The van der Waals surface area contributed by atoms with Crippen LogP contribution in [0, 0.1) is 19.8 Å². The molecule has 22 heavy (non-hydrogen) atoms. The van der Waals surface area contributed by atoms with Gasteiger partial charge in [0.05, 0.1) is 5.75 Å². The van der Waals surface area contributed by atoms with E-state index < -0.39 is 0 Å². The van der Waals surface area contributed by atoms with Crippen LogP contribution in [0.1, 0.15) is 31.2 Å². The molecule has 7 heteroatoms. The number of aryl methyl sites for hydroxylation is 2. The van der Waals surface area contributed by atoms with E-state index in [2.05, 4.69) is 22.1 Å². The van der Waals surface area contributed by atoms with Gasteiger partial charge in [0.2, 0.25) is 5.91 Å². The summed E-state index contributed by atoms with van der Waals surface area (Å²) in [6, 6.07) is 1.99. The molecule has 1 atom stereocenters. The van der Waals surface area contributed by atoms with E-state index in [4.69, 9.17) is 0 Å². The number of hydrogen-bond donors (Lipinski definition) is 0. The van der Waals surface area contributed by atoms with Crippen molar-refractivity contribution in [2.75, 3.05) is 18.8 Å². The zero-order valence-corrected chi connectivity index (χ0v) is 14.1. The summed E-state index contributed by atoms with van der Waals surface area (Å²) in [6.45, 7) is 7.90. The van der Waals surface area contributed by atoms with Crippen molar-refractivity contribution in [2.24, 2.45) is 5.92 Å². The van der Waals surface area contributed by atoms with Gasteiger partial charge in [0.1, 0.15) is 0 Å². The number of piperidine rings is 1.